The lowest BCUT2D eigenvalue weighted by Crippen LogP contribution is -2.04. The van der Waals surface area contributed by atoms with Crippen LogP contribution in [0.1, 0.15) is 31.0 Å². The van der Waals surface area contributed by atoms with E-state index in [1.54, 1.807) is 0 Å². The molecule has 0 aliphatic rings. The van der Waals surface area contributed by atoms with Crippen LogP contribution >= 0.6 is 0 Å². The number of fused-ring (bicyclic) bond motifs is 1. The fraction of sp³-hybridized carbons (Fsp3) is 0.385. The molecule has 2 rings (SSSR count). The van der Waals surface area contributed by atoms with Crippen molar-refractivity contribution < 1.29 is 0 Å². The van der Waals surface area contributed by atoms with Crippen molar-refractivity contribution in [3.63, 3.8) is 0 Å². The van der Waals surface area contributed by atoms with Gasteiger partial charge in [-0.15, -0.1) is 0 Å². The highest BCUT2D eigenvalue weighted by atomic mass is 14.8. The van der Waals surface area contributed by atoms with Gasteiger partial charge in [0.2, 0.25) is 0 Å². The molecule has 80 valence electrons. The van der Waals surface area contributed by atoms with Gasteiger partial charge in [-0.05, 0) is 42.1 Å². The van der Waals surface area contributed by atoms with Crippen LogP contribution in [0, 0.1) is 0 Å². The van der Waals surface area contributed by atoms with Crippen molar-refractivity contribution in [2.45, 2.75) is 26.3 Å². The second kappa shape index (κ2) is 4.07. The zero-order chi connectivity index (χ0) is 10.8. The van der Waals surface area contributed by atoms with Gasteiger partial charge >= 0.3 is 0 Å². The molecular weight excluding hydrogens is 184 g/mol. The molecule has 0 unspecified atom stereocenters. The molecule has 0 saturated carbocycles. The van der Waals surface area contributed by atoms with Crippen LogP contribution in [0.15, 0.2) is 24.3 Å². The van der Waals surface area contributed by atoms with E-state index in [0.29, 0.717) is 5.92 Å². The Morgan fingerprint density at radius 2 is 2.07 bits per heavy atom. The van der Waals surface area contributed by atoms with Crippen molar-refractivity contribution in [1.82, 2.24) is 10.3 Å². The maximum atomic E-state index is 3.44. The largest absolute Gasteiger partial charge is 0.358 e. The Hall–Kier alpha value is -1.28. The van der Waals surface area contributed by atoms with E-state index in [9.17, 15) is 0 Å². The third-order valence-electron chi connectivity index (χ3n) is 2.71. The quantitative estimate of drug-likeness (QED) is 0.786. The molecule has 1 heterocycles. The molecule has 0 fully saturated rings. The maximum Gasteiger partial charge on any atom is 0.0456 e. The lowest BCUT2D eigenvalue weighted by Gasteiger charge is -1.99. The lowest BCUT2D eigenvalue weighted by molar-refractivity contribution is 0.819. The highest BCUT2D eigenvalue weighted by Crippen LogP contribution is 2.21. The van der Waals surface area contributed by atoms with Gasteiger partial charge in [-0.2, -0.15) is 0 Å². The van der Waals surface area contributed by atoms with Crippen LogP contribution in [-0.4, -0.2) is 12.0 Å². The number of aromatic amines is 1. The van der Waals surface area contributed by atoms with Crippen molar-refractivity contribution in [1.29, 1.82) is 0 Å². The summed E-state index contributed by atoms with van der Waals surface area (Å²) in [7, 11) is 1.97. The Morgan fingerprint density at radius 1 is 1.27 bits per heavy atom. The monoisotopic (exact) mass is 202 g/mol. The second-order valence-electron chi connectivity index (χ2n) is 4.33. The van der Waals surface area contributed by atoms with Crippen LogP contribution in [0.4, 0.5) is 0 Å². The number of hydrogen-bond donors (Lipinski definition) is 2. The van der Waals surface area contributed by atoms with Gasteiger partial charge in [0.1, 0.15) is 0 Å². The zero-order valence-corrected chi connectivity index (χ0v) is 9.59. The van der Waals surface area contributed by atoms with Gasteiger partial charge in [-0.25, -0.2) is 0 Å². The minimum Gasteiger partial charge on any atom is -0.358 e. The number of H-pyrrole nitrogens is 1. The van der Waals surface area contributed by atoms with Crippen LogP contribution < -0.4 is 5.32 Å². The van der Waals surface area contributed by atoms with Gasteiger partial charge in [0.05, 0.1) is 0 Å². The first kappa shape index (κ1) is 10.2. The minimum atomic E-state index is 0.560. The number of nitrogens with one attached hydrogen (secondary N) is 2. The first-order chi connectivity index (χ1) is 7.20. The van der Waals surface area contributed by atoms with E-state index in [0.717, 1.165) is 6.54 Å². The summed E-state index contributed by atoms with van der Waals surface area (Å²) in [4.78, 5) is 3.44. The highest BCUT2D eigenvalue weighted by Gasteiger charge is 2.04. The number of hydrogen-bond acceptors (Lipinski definition) is 1. The summed E-state index contributed by atoms with van der Waals surface area (Å²) in [5.74, 6) is 0.560. The van der Waals surface area contributed by atoms with Crippen molar-refractivity contribution >= 4 is 10.9 Å². The van der Waals surface area contributed by atoms with Gasteiger partial charge in [-0.3, -0.25) is 0 Å². The van der Waals surface area contributed by atoms with Crippen LogP contribution in [0.5, 0.6) is 0 Å². The Bertz CT molecular complexity index is 455. The molecule has 0 radical (unpaired) electrons. The van der Waals surface area contributed by atoms with Gasteiger partial charge in [0.15, 0.2) is 0 Å². The van der Waals surface area contributed by atoms with E-state index >= 15 is 0 Å². The van der Waals surface area contributed by atoms with Crippen molar-refractivity contribution in [3.05, 3.63) is 35.5 Å². The van der Waals surface area contributed by atoms with Crippen LogP contribution in [-0.2, 0) is 6.54 Å². The average Bonchev–Trinajstić information content (AvgIpc) is 2.61. The molecule has 0 amide bonds. The van der Waals surface area contributed by atoms with E-state index in [1.807, 2.05) is 7.05 Å². The standard InChI is InChI=1S/C13H18N2/c1-9(2)13-7-11-6-10(8-14-3)4-5-12(11)15-13/h4-7,9,14-15H,8H2,1-3H3. The molecule has 0 spiro atoms. The predicted molar refractivity (Wildman–Crippen MR) is 65.2 cm³/mol. The normalized spacial score (nSPS) is 11.5. The first-order valence-corrected chi connectivity index (χ1v) is 5.47. The molecule has 0 aliphatic carbocycles. The molecule has 0 atom stereocenters. The summed E-state index contributed by atoms with van der Waals surface area (Å²) in [6.45, 7) is 5.34. The highest BCUT2D eigenvalue weighted by molar-refractivity contribution is 5.81. The third-order valence-corrected chi connectivity index (χ3v) is 2.71. The first-order valence-electron chi connectivity index (χ1n) is 5.47. The lowest BCUT2D eigenvalue weighted by atomic mass is 10.1. The van der Waals surface area contributed by atoms with Crippen LogP contribution in [0.25, 0.3) is 10.9 Å². The predicted octanol–water partition coefficient (Wildman–Crippen LogP) is 3.01. The molecule has 0 aliphatic heterocycles. The van der Waals surface area contributed by atoms with E-state index in [1.165, 1.54) is 22.2 Å². The fourth-order valence-electron chi connectivity index (χ4n) is 1.83. The van der Waals surface area contributed by atoms with E-state index in [4.69, 9.17) is 0 Å². The summed E-state index contributed by atoms with van der Waals surface area (Å²) in [5, 5.41) is 4.48. The summed E-state index contributed by atoms with van der Waals surface area (Å²) in [6.07, 6.45) is 0. The van der Waals surface area contributed by atoms with E-state index in [-0.39, 0.29) is 0 Å². The van der Waals surface area contributed by atoms with Gasteiger partial charge < -0.3 is 10.3 Å². The number of aromatic nitrogens is 1. The SMILES string of the molecule is CNCc1ccc2[nH]c(C(C)C)cc2c1. The van der Waals surface area contributed by atoms with Crippen LogP contribution in [0.3, 0.4) is 0 Å². The third kappa shape index (κ3) is 2.05. The zero-order valence-electron chi connectivity index (χ0n) is 9.59. The molecule has 2 heteroatoms. The molecule has 15 heavy (non-hydrogen) atoms. The van der Waals surface area contributed by atoms with Crippen molar-refractivity contribution in [3.8, 4) is 0 Å². The van der Waals surface area contributed by atoms with Crippen LogP contribution in [0.2, 0.25) is 0 Å². The summed E-state index contributed by atoms with van der Waals surface area (Å²) < 4.78 is 0. The number of benzene rings is 1. The average molecular weight is 202 g/mol. The van der Waals surface area contributed by atoms with Gasteiger partial charge in [0, 0.05) is 17.8 Å². The number of rotatable bonds is 3. The van der Waals surface area contributed by atoms with Crippen molar-refractivity contribution in [2.24, 2.45) is 0 Å². The topological polar surface area (TPSA) is 27.8 Å². The summed E-state index contributed by atoms with van der Waals surface area (Å²) in [6, 6.07) is 8.82. The molecule has 0 bridgehead atoms. The Labute approximate surface area is 90.7 Å². The Balaban J connectivity index is 2.43. The maximum absolute atomic E-state index is 3.44. The molecule has 2 N–H and O–H groups in total. The van der Waals surface area contributed by atoms with Crippen molar-refractivity contribution in [2.75, 3.05) is 7.05 Å². The molecule has 0 saturated heterocycles. The fourth-order valence-corrected chi connectivity index (χ4v) is 1.83. The molecule has 2 aromatic rings. The summed E-state index contributed by atoms with van der Waals surface area (Å²) in [5.41, 5.74) is 3.88. The molecular formula is C13H18N2. The second-order valence-corrected chi connectivity index (χ2v) is 4.33. The molecule has 1 aromatic heterocycles. The smallest absolute Gasteiger partial charge is 0.0456 e. The molecule has 1 aromatic carbocycles. The summed E-state index contributed by atoms with van der Waals surface area (Å²) >= 11 is 0. The van der Waals surface area contributed by atoms with Gasteiger partial charge in [0.25, 0.3) is 0 Å². The minimum absolute atomic E-state index is 0.560. The Kier molecular flexibility index (Phi) is 2.78. The molecule has 2 nitrogen and oxygen atoms in total. The van der Waals surface area contributed by atoms with Gasteiger partial charge in [-0.1, -0.05) is 19.9 Å². The Morgan fingerprint density at radius 3 is 2.73 bits per heavy atom. The van der Waals surface area contributed by atoms with E-state index < -0.39 is 0 Å². The van der Waals surface area contributed by atoms with E-state index in [2.05, 4.69) is 48.4 Å².